The Morgan fingerprint density at radius 3 is 2.55 bits per heavy atom. The number of halogens is 1. The van der Waals surface area contributed by atoms with Gasteiger partial charge in [0, 0.05) is 10.7 Å². The predicted molar refractivity (Wildman–Crippen MR) is 83.3 cm³/mol. The lowest BCUT2D eigenvalue weighted by Gasteiger charge is -2.20. The summed E-state index contributed by atoms with van der Waals surface area (Å²) in [5.41, 5.74) is 1.83. The fraction of sp³-hybridized carbons (Fsp3) is 0.267. The van der Waals surface area contributed by atoms with E-state index in [0.29, 0.717) is 11.4 Å². The van der Waals surface area contributed by atoms with Crippen LogP contribution in [0, 0.1) is 0 Å². The van der Waals surface area contributed by atoms with Crippen LogP contribution in [0.2, 0.25) is 0 Å². The molecule has 106 valence electrons. The van der Waals surface area contributed by atoms with Crippen LogP contribution in [0.4, 0.5) is 5.69 Å². The summed E-state index contributed by atoms with van der Waals surface area (Å²) in [4.78, 5) is 14.9. The highest BCUT2D eigenvalue weighted by atomic mass is 79.9. The van der Waals surface area contributed by atoms with Gasteiger partial charge in [0.05, 0.1) is 5.69 Å². The lowest BCUT2D eigenvalue weighted by Crippen LogP contribution is -2.15. The number of anilines is 1. The molecule has 0 aliphatic rings. The second-order valence-electron chi connectivity index (χ2n) is 5.67. The number of nitrogens with one attached hydrogen (secondary N) is 2. The second-order valence-corrected chi connectivity index (χ2v) is 6.58. The van der Waals surface area contributed by atoms with Crippen molar-refractivity contribution in [2.45, 2.75) is 26.2 Å². The van der Waals surface area contributed by atoms with Crippen LogP contribution in [-0.4, -0.2) is 16.0 Å². The fourth-order valence-corrected chi connectivity index (χ4v) is 2.13. The zero-order valence-electron chi connectivity index (χ0n) is 11.6. The van der Waals surface area contributed by atoms with Crippen molar-refractivity contribution in [1.29, 1.82) is 0 Å². The molecule has 0 atom stereocenters. The van der Waals surface area contributed by atoms with Crippen molar-refractivity contribution in [2.24, 2.45) is 0 Å². The molecule has 0 aliphatic heterocycles. The summed E-state index contributed by atoms with van der Waals surface area (Å²) in [7, 11) is 0. The fourth-order valence-electron chi connectivity index (χ4n) is 1.79. The minimum absolute atomic E-state index is 0.0528. The van der Waals surface area contributed by atoms with Crippen LogP contribution in [0.1, 0.15) is 36.8 Å². The highest BCUT2D eigenvalue weighted by Crippen LogP contribution is 2.31. The smallest absolute Gasteiger partial charge is 0.272 e. The zero-order valence-corrected chi connectivity index (χ0v) is 13.2. The number of amides is 1. The molecule has 1 aromatic heterocycles. The highest BCUT2D eigenvalue weighted by Gasteiger charge is 2.17. The Kier molecular flexibility index (Phi) is 3.90. The highest BCUT2D eigenvalue weighted by molar-refractivity contribution is 9.10. The Bertz CT molecular complexity index is 642. The molecule has 0 aliphatic carbocycles. The molecular formula is C15H17BrN2O2. The number of aromatic nitrogens is 1. The molecule has 2 rings (SSSR count). The van der Waals surface area contributed by atoms with Gasteiger partial charge in [0.2, 0.25) is 0 Å². The van der Waals surface area contributed by atoms with Gasteiger partial charge in [-0.2, -0.15) is 0 Å². The normalized spacial score (nSPS) is 11.4. The van der Waals surface area contributed by atoms with Crippen molar-refractivity contribution in [3.63, 3.8) is 0 Å². The van der Waals surface area contributed by atoms with E-state index in [4.69, 9.17) is 0 Å². The third-order valence-electron chi connectivity index (χ3n) is 3.00. The SMILES string of the molecule is CC(C)(C)c1ccc(O)c(NC(=O)c2cc(Br)c[nH]2)c1. The molecule has 0 saturated heterocycles. The minimum Gasteiger partial charge on any atom is -0.506 e. The van der Waals surface area contributed by atoms with Gasteiger partial charge < -0.3 is 15.4 Å². The number of carbonyl (C=O) groups is 1. The monoisotopic (exact) mass is 336 g/mol. The summed E-state index contributed by atoms with van der Waals surface area (Å²) in [6.45, 7) is 6.23. The Labute approximate surface area is 126 Å². The summed E-state index contributed by atoms with van der Waals surface area (Å²) in [5, 5.41) is 12.6. The molecule has 0 saturated carbocycles. The van der Waals surface area contributed by atoms with Crippen molar-refractivity contribution < 1.29 is 9.90 Å². The van der Waals surface area contributed by atoms with Crippen LogP contribution in [0.5, 0.6) is 5.75 Å². The third kappa shape index (κ3) is 3.22. The van der Waals surface area contributed by atoms with Gasteiger partial charge in [0.25, 0.3) is 5.91 Å². The molecule has 3 N–H and O–H groups in total. The lowest BCUT2D eigenvalue weighted by atomic mass is 9.87. The van der Waals surface area contributed by atoms with Gasteiger partial charge in [-0.15, -0.1) is 0 Å². The molecular weight excluding hydrogens is 320 g/mol. The van der Waals surface area contributed by atoms with Crippen molar-refractivity contribution in [3.05, 3.63) is 46.2 Å². The van der Waals surface area contributed by atoms with E-state index in [1.807, 2.05) is 6.07 Å². The van der Waals surface area contributed by atoms with E-state index in [1.54, 1.807) is 24.4 Å². The topological polar surface area (TPSA) is 65.1 Å². The number of phenolic OH excluding ortho intramolecular Hbond substituents is 1. The molecule has 1 amide bonds. The molecule has 0 bridgehead atoms. The van der Waals surface area contributed by atoms with Crippen molar-refractivity contribution >= 4 is 27.5 Å². The number of phenols is 1. The number of hydrogen-bond donors (Lipinski definition) is 3. The molecule has 0 fully saturated rings. The van der Waals surface area contributed by atoms with Crippen molar-refractivity contribution in [3.8, 4) is 5.75 Å². The number of aromatic hydroxyl groups is 1. The number of rotatable bonds is 2. The Morgan fingerprint density at radius 2 is 2.00 bits per heavy atom. The van der Waals surface area contributed by atoms with E-state index in [-0.39, 0.29) is 17.1 Å². The first-order valence-corrected chi connectivity index (χ1v) is 7.05. The lowest BCUT2D eigenvalue weighted by molar-refractivity contribution is 0.102. The average molecular weight is 337 g/mol. The van der Waals surface area contributed by atoms with Crippen LogP contribution in [0.25, 0.3) is 0 Å². The predicted octanol–water partition coefficient (Wildman–Crippen LogP) is 4.03. The summed E-state index contributed by atoms with van der Waals surface area (Å²) in [6, 6.07) is 6.93. The van der Waals surface area contributed by atoms with E-state index in [0.717, 1.165) is 10.0 Å². The maximum atomic E-state index is 12.1. The van der Waals surface area contributed by atoms with Gasteiger partial charge >= 0.3 is 0 Å². The Balaban J connectivity index is 2.27. The minimum atomic E-state index is -0.294. The van der Waals surface area contributed by atoms with Crippen LogP contribution in [-0.2, 0) is 5.41 Å². The summed E-state index contributed by atoms with van der Waals surface area (Å²) in [6.07, 6.45) is 1.68. The van der Waals surface area contributed by atoms with Crippen LogP contribution in [0.15, 0.2) is 34.9 Å². The Morgan fingerprint density at radius 1 is 1.30 bits per heavy atom. The summed E-state index contributed by atoms with van der Waals surface area (Å²) < 4.78 is 0.801. The summed E-state index contributed by atoms with van der Waals surface area (Å²) in [5.74, 6) is -0.242. The summed E-state index contributed by atoms with van der Waals surface area (Å²) >= 11 is 3.28. The molecule has 1 heterocycles. The van der Waals surface area contributed by atoms with E-state index in [1.165, 1.54) is 0 Å². The molecule has 1 aromatic carbocycles. The Hall–Kier alpha value is -1.75. The first kappa shape index (κ1) is 14.7. The van der Waals surface area contributed by atoms with E-state index in [9.17, 15) is 9.90 Å². The van der Waals surface area contributed by atoms with Gasteiger partial charge in [-0.1, -0.05) is 26.8 Å². The largest absolute Gasteiger partial charge is 0.506 e. The van der Waals surface area contributed by atoms with Gasteiger partial charge in [-0.3, -0.25) is 4.79 Å². The number of benzene rings is 1. The first-order chi connectivity index (χ1) is 9.27. The molecule has 5 heteroatoms. The van der Waals surface area contributed by atoms with Crippen molar-refractivity contribution in [1.82, 2.24) is 4.98 Å². The average Bonchev–Trinajstić information content (AvgIpc) is 2.77. The number of H-pyrrole nitrogens is 1. The number of hydrogen-bond acceptors (Lipinski definition) is 2. The number of aromatic amines is 1. The van der Waals surface area contributed by atoms with Gasteiger partial charge in [-0.25, -0.2) is 0 Å². The quantitative estimate of drug-likeness (QED) is 0.725. The first-order valence-electron chi connectivity index (χ1n) is 6.26. The van der Waals surface area contributed by atoms with Crippen LogP contribution in [0.3, 0.4) is 0 Å². The second kappa shape index (κ2) is 5.32. The molecule has 0 spiro atoms. The van der Waals surface area contributed by atoms with Gasteiger partial charge in [0.1, 0.15) is 11.4 Å². The maximum Gasteiger partial charge on any atom is 0.272 e. The van der Waals surface area contributed by atoms with E-state index in [2.05, 4.69) is 47.0 Å². The van der Waals surface area contributed by atoms with Crippen LogP contribution < -0.4 is 5.32 Å². The molecule has 0 unspecified atom stereocenters. The van der Waals surface area contributed by atoms with E-state index < -0.39 is 0 Å². The maximum absolute atomic E-state index is 12.1. The van der Waals surface area contributed by atoms with E-state index >= 15 is 0 Å². The molecule has 2 aromatic rings. The molecule has 20 heavy (non-hydrogen) atoms. The standard InChI is InChI=1S/C15H17BrN2O2/c1-15(2,3)9-4-5-13(19)11(6-9)18-14(20)12-7-10(16)8-17-12/h4-8,17,19H,1-3H3,(H,18,20). The van der Waals surface area contributed by atoms with Crippen molar-refractivity contribution in [2.75, 3.05) is 5.32 Å². The van der Waals surface area contributed by atoms with Crippen LogP contribution >= 0.6 is 15.9 Å². The molecule has 4 nitrogen and oxygen atoms in total. The third-order valence-corrected chi connectivity index (χ3v) is 3.46. The van der Waals surface area contributed by atoms with Gasteiger partial charge in [0.15, 0.2) is 0 Å². The van der Waals surface area contributed by atoms with Gasteiger partial charge in [-0.05, 0) is 45.1 Å². The number of carbonyl (C=O) groups excluding carboxylic acids is 1. The zero-order chi connectivity index (χ0) is 14.9. The molecule has 0 radical (unpaired) electrons.